The van der Waals surface area contributed by atoms with Crippen molar-refractivity contribution < 1.29 is 17.9 Å². The van der Waals surface area contributed by atoms with Crippen LogP contribution >= 0.6 is 0 Å². The predicted molar refractivity (Wildman–Crippen MR) is 69.1 cm³/mol. The van der Waals surface area contributed by atoms with E-state index in [9.17, 15) is 13.2 Å². The molecule has 0 aromatic heterocycles. The lowest BCUT2D eigenvalue weighted by molar-refractivity contribution is -0.173. The summed E-state index contributed by atoms with van der Waals surface area (Å²) in [7, 11) is 0. The Balaban J connectivity index is 2.18. The summed E-state index contributed by atoms with van der Waals surface area (Å²) in [5, 5.41) is 3.28. The summed E-state index contributed by atoms with van der Waals surface area (Å²) in [6.07, 6.45) is -3.67. The number of aryl methyl sites for hydroxylation is 1. The largest absolute Gasteiger partial charge is 0.411 e. The van der Waals surface area contributed by atoms with Crippen LogP contribution in [0, 0.1) is 6.92 Å². The highest BCUT2D eigenvalue weighted by molar-refractivity contribution is 5.28. The first-order valence-corrected chi connectivity index (χ1v) is 6.33. The fraction of sp³-hybridized carbons (Fsp3) is 0.571. The molecule has 0 bridgehead atoms. The van der Waals surface area contributed by atoms with Crippen LogP contribution in [0.2, 0.25) is 0 Å². The molecule has 0 spiro atoms. The molecule has 0 heterocycles. The lowest BCUT2D eigenvalue weighted by Gasteiger charge is -2.16. The van der Waals surface area contributed by atoms with Crippen LogP contribution in [0.3, 0.4) is 0 Å². The van der Waals surface area contributed by atoms with Gasteiger partial charge in [-0.25, -0.2) is 0 Å². The van der Waals surface area contributed by atoms with Gasteiger partial charge >= 0.3 is 6.18 Å². The molecule has 0 unspecified atom stereocenters. The molecule has 0 fully saturated rings. The van der Waals surface area contributed by atoms with Crippen LogP contribution in [-0.4, -0.2) is 25.9 Å². The summed E-state index contributed by atoms with van der Waals surface area (Å²) >= 11 is 0. The molecule has 108 valence electrons. The van der Waals surface area contributed by atoms with E-state index in [2.05, 4.69) is 10.1 Å². The Morgan fingerprint density at radius 2 is 1.95 bits per heavy atom. The van der Waals surface area contributed by atoms with Gasteiger partial charge in [-0.3, -0.25) is 0 Å². The first kappa shape index (κ1) is 16.0. The van der Waals surface area contributed by atoms with E-state index in [4.69, 9.17) is 0 Å². The first-order valence-electron chi connectivity index (χ1n) is 6.33. The standard InChI is InChI=1S/C14H20F3NO/c1-11-6-3-4-7-13(11)12(2)18-8-5-9-19-10-14(15,16)17/h3-4,6-7,12,18H,5,8-10H2,1-2H3/t12-/m1/s1. The van der Waals surface area contributed by atoms with Crippen LogP contribution in [0.25, 0.3) is 0 Å². The Bertz CT molecular complexity index is 379. The molecule has 1 N–H and O–H groups in total. The van der Waals surface area contributed by atoms with Crippen LogP contribution in [-0.2, 0) is 4.74 Å². The SMILES string of the molecule is Cc1ccccc1[C@@H](C)NCCCOCC(F)(F)F. The molecular formula is C14H20F3NO. The topological polar surface area (TPSA) is 21.3 Å². The van der Waals surface area contributed by atoms with E-state index in [0.29, 0.717) is 13.0 Å². The number of halogens is 3. The Morgan fingerprint density at radius 1 is 1.26 bits per heavy atom. The van der Waals surface area contributed by atoms with E-state index in [1.54, 1.807) is 0 Å². The average molecular weight is 275 g/mol. The van der Waals surface area contributed by atoms with Crippen LogP contribution in [0.15, 0.2) is 24.3 Å². The van der Waals surface area contributed by atoms with Gasteiger partial charge in [-0.1, -0.05) is 24.3 Å². The van der Waals surface area contributed by atoms with Gasteiger partial charge in [0.25, 0.3) is 0 Å². The van der Waals surface area contributed by atoms with Crippen LogP contribution < -0.4 is 5.32 Å². The summed E-state index contributed by atoms with van der Waals surface area (Å²) in [6, 6.07) is 8.24. The lowest BCUT2D eigenvalue weighted by atomic mass is 10.0. The maximum atomic E-state index is 11.8. The Hall–Kier alpha value is -1.07. The van der Waals surface area contributed by atoms with Crippen molar-refractivity contribution in [3.63, 3.8) is 0 Å². The molecule has 19 heavy (non-hydrogen) atoms. The molecule has 0 saturated carbocycles. The molecular weight excluding hydrogens is 255 g/mol. The molecule has 1 aromatic rings. The van der Waals surface area contributed by atoms with Crippen LogP contribution in [0.5, 0.6) is 0 Å². The number of rotatable bonds is 7. The van der Waals surface area contributed by atoms with Crippen LogP contribution in [0.4, 0.5) is 13.2 Å². The van der Waals surface area contributed by atoms with Crippen molar-refractivity contribution >= 4 is 0 Å². The normalized spacial score (nSPS) is 13.5. The summed E-state index contributed by atoms with van der Waals surface area (Å²) in [5.74, 6) is 0. The number of nitrogens with one attached hydrogen (secondary N) is 1. The molecule has 0 amide bonds. The number of hydrogen-bond donors (Lipinski definition) is 1. The second-order valence-corrected chi connectivity index (χ2v) is 4.55. The molecule has 2 nitrogen and oxygen atoms in total. The number of benzene rings is 1. The van der Waals surface area contributed by atoms with Crippen LogP contribution in [0.1, 0.15) is 30.5 Å². The number of alkyl halides is 3. The molecule has 0 radical (unpaired) electrons. The Labute approximate surface area is 112 Å². The second kappa shape index (κ2) is 7.50. The van der Waals surface area contributed by atoms with Crippen molar-refractivity contribution in [2.45, 2.75) is 32.5 Å². The van der Waals surface area contributed by atoms with Crippen molar-refractivity contribution in [3.8, 4) is 0 Å². The minimum absolute atomic E-state index is 0.118. The van der Waals surface area contributed by atoms with Crippen molar-refractivity contribution in [3.05, 3.63) is 35.4 Å². The van der Waals surface area contributed by atoms with Gasteiger partial charge in [0.15, 0.2) is 0 Å². The molecule has 0 aliphatic heterocycles. The smallest absolute Gasteiger partial charge is 0.372 e. The van der Waals surface area contributed by atoms with Gasteiger partial charge in [-0.2, -0.15) is 13.2 Å². The summed E-state index contributed by atoms with van der Waals surface area (Å²) in [6.45, 7) is 3.67. The Morgan fingerprint density at radius 3 is 2.58 bits per heavy atom. The Kier molecular flexibility index (Phi) is 6.31. The van der Waals surface area contributed by atoms with Gasteiger partial charge in [0.2, 0.25) is 0 Å². The summed E-state index contributed by atoms with van der Waals surface area (Å²) in [5.41, 5.74) is 2.41. The predicted octanol–water partition coefficient (Wildman–Crippen LogP) is 3.61. The molecule has 5 heteroatoms. The van der Waals surface area contributed by atoms with E-state index in [-0.39, 0.29) is 12.6 Å². The third kappa shape index (κ3) is 6.59. The van der Waals surface area contributed by atoms with Gasteiger partial charge in [0.05, 0.1) is 0 Å². The number of hydrogen-bond acceptors (Lipinski definition) is 2. The fourth-order valence-corrected chi connectivity index (χ4v) is 1.86. The number of ether oxygens (including phenoxy) is 1. The van der Waals surface area contributed by atoms with Crippen molar-refractivity contribution in [2.75, 3.05) is 19.8 Å². The highest BCUT2D eigenvalue weighted by Crippen LogP contribution is 2.16. The first-order chi connectivity index (χ1) is 8.90. The zero-order chi connectivity index (χ0) is 14.3. The second-order valence-electron chi connectivity index (χ2n) is 4.55. The average Bonchev–Trinajstić information content (AvgIpc) is 2.32. The van der Waals surface area contributed by atoms with Gasteiger partial charge in [-0.15, -0.1) is 0 Å². The summed E-state index contributed by atoms with van der Waals surface area (Å²) in [4.78, 5) is 0. The van der Waals surface area contributed by atoms with Gasteiger partial charge < -0.3 is 10.1 Å². The molecule has 1 rings (SSSR count). The summed E-state index contributed by atoms with van der Waals surface area (Å²) < 4.78 is 40.0. The minimum Gasteiger partial charge on any atom is -0.372 e. The molecule has 1 atom stereocenters. The zero-order valence-corrected chi connectivity index (χ0v) is 11.3. The van der Waals surface area contributed by atoms with Crippen molar-refractivity contribution in [2.24, 2.45) is 0 Å². The maximum Gasteiger partial charge on any atom is 0.411 e. The van der Waals surface area contributed by atoms with E-state index < -0.39 is 12.8 Å². The molecule has 0 saturated heterocycles. The zero-order valence-electron chi connectivity index (χ0n) is 11.3. The molecule has 1 aromatic carbocycles. The highest BCUT2D eigenvalue weighted by atomic mass is 19.4. The van der Waals surface area contributed by atoms with Gasteiger partial charge in [-0.05, 0) is 37.9 Å². The fourth-order valence-electron chi connectivity index (χ4n) is 1.86. The monoisotopic (exact) mass is 275 g/mol. The third-order valence-corrected chi connectivity index (χ3v) is 2.84. The van der Waals surface area contributed by atoms with E-state index >= 15 is 0 Å². The van der Waals surface area contributed by atoms with E-state index in [1.807, 2.05) is 38.1 Å². The van der Waals surface area contributed by atoms with E-state index in [0.717, 1.165) is 0 Å². The minimum atomic E-state index is -4.23. The highest BCUT2D eigenvalue weighted by Gasteiger charge is 2.27. The molecule has 0 aliphatic rings. The quantitative estimate of drug-likeness (QED) is 0.767. The molecule has 0 aliphatic carbocycles. The van der Waals surface area contributed by atoms with Crippen molar-refractivity contribution in [1.29, 1.82) is 0 Å². The van der Waals surface area contributed by atoms with Crippen molar-refractivity contribution in [1.82, 2.24) is 5.32 Å². The maximum absolute atomic E-state index is 11.8. The van der Waals surface area contributed by atoms with E-state index in [1.165, 1.54) is 11.1 Å². The van der Waals surface area contributed by atoms with Gasteiger partial charge in [0.1, 0.15) is 6.61 Å². The lowest BCUT2D eigenvalue weighted by Crippen LogP contribution is -2.23. The van der Waals surface area contributed by atoms with Gasteiger partial charge in [0, 0.05) is 12.6 Å². The third-order valence-electron chi connectivity index (χ3n) is 2.84.